The van der Waals surface area contributed by atoms with Crippen LogP contribution in [-0.4, -0.2) is 23.9 Å². The molecular formula is C13H22N2O2. The first-order chi connectivity index (χ1) is 8.00. The molecule has 0 saturated carbocycles. The SMILES string of the molecule is CCOc1cccc(NC(C)(C)CCO)c1N. The summed E-state index contributed by atoms with van der Waals surface area (Å²) in [5, 5.41) is 12.3. The number of aliphatic hydroxyl groups is 1. The van der Waals surface area contributed by atoms with E-state index in [1.54, 1.807) is 0 Å². The van der Waals surface area contributed by atoms with Gasteiger partial charge in [0.1, 0.15) is 5.75 Å². The van der Waals surface area contributed by atoms with Crippen molar-refractivity contribution < 1.29 is 9.84 Å². The van der Waals surface area contributed by atoms with Crippen LogP contribution in [0.4, 0.5) is 11.4 Å². The number of aliphatic hydroxyl groups excluding tert-OH is 1. The highest BCUT2D eigenvalue weighted by Gasteiger charge is 2.18. The maximum Gasteiger partial charge on any atom is 0.144 e. The van der Waals surface area contributed by atoms with Crippen molar-refractivity contribution in [2.45, 2.75) is 32.7 Å². The van der Waals surface area contributed by atoms with E-state index >= 15 is 0 Å². The summed E-state index contributed by atoms with van der Waals surface area (Å²) in [6.07, 6.45) is 0.658. The molecule has 0 aliphatic rings. The molecule has 0 radical (unpaired) electrons. The number of anilines is 2. The Kier molecular flexibility index (Phi) is 4.63. The van der Waals surface area contributed by atoms with E-state index in [4.69, 9.17) is 15.6 Å². The van der Waals surface area contributed by atoms with Gasteiger partial charge in [-0.05, 0) is 39.3 Å². The molecule has 0 spiro atoms. The van der Waals surface area contributed by atoms with Crippen LogP contribution < -0.4 is 15.8 Å². The second-order valence-corrected chi connectivity index (χ2v) is 4.63. The molecule has 0 fully saturated rings. The second kappa shape index (κ2) is 5.77. The molecule has 4 heteroatoms. The molecule has 0 heterocycles. The third-order valence-electron chi connectivity index (χ3n) is 2.58. The number of hydrogen-bond acceptors (Lipinski definition) is 4. The Bertz CT molecular complexity index is 364. The van der Waals surface area contributed by atoms with Crippen molar-refractivity contribution in [3.63, 3.8) is 0 Å². The van der Waals surface area contributed by atoms with Crippen LogP contribution in [0.1, 0.15) is 27.2 Å². The van der Waals surface area contributed by atoms with Gasteiger partial charge in [-0.3, -0.25) is 0 Å². The highest BCUT2D eigenvalue weighted by Crippen LogP contribution is 2.31. The van der Waals surface area contributed by atoms with Gasteiger partial charge < -0.3 is 20.9 Å². The average molecular weight is 238 g/mol. The highest BCUT2D eigenvalue weighted by molar-refractivity contribution is 5.73. The number of nitrogens with two attached hydrogens (primary N) is 1. The summed E-state index contributed by atoms with van der Waals surface area (Å²) < 4.78 is 5.44. The maximum atomic E-state index is 8.99. The fraction of sp³-hybridized carbons (Fsp3) is 0.538. The number of hydrogen-bond donors (Lipinski definition) is 3. The van der Waals surface area contributed by atoms with Gasteiger partial charge in [-0.15, -0.1) is 0 Å². The fourth-order valence-electron chi connectivity index (χ4n) is 1.64. The predicted octanol–water partition coefficient (Wildman–Crippen LogP) is 2.24. The van der Waals surface area contributed by atoms with E-state index in [1.807, 2.05) is 39.0 Å². The lowest BCUT2D eigenvalue weighted by molar-refractivity contribution is 0.261. The molecule has 4 nitrogen and oxygen atoms in total. The summed E-state index contributed by atoms with van der Waals surface area (Å²) >= 11 is 0. The minimum Gasteiger partial charge on any atom is -0.492 e. The van der Waals surface area contributed by atoms with Gasteiger partial charge in [-0.2, -0.15) is 0 Å². The zero-order chi connectivity index (χ0) is 12.9. The molecule has 1 rings (SSSR count). The zero-order valence-corrected chi connectivity index (χ0v) is 10.8. The average Bonchev–Trinajstić information content (AvgIpc) is 2.24. The molecule has 1 aromatic carbocycles. The van der Waals surface area contributed by atoms with Gasteiger partial charge in [0.05, 0.1) is 18.0 Å². The van der Waals surface area contributed by atoms with E-state index in [0.717, 1.165) is 5.69 Å². The Hall–Kier alpha value is -1.42. The van der Waals surface area contributed by atoms with Crippen LogP contribution >= 0.6 is 0 Å². The van der Waals surface area contributed by atoms with E-state index in [0.29, 0.717) is 24.5 Å². The lowest BCUT2D eigenvalue weighted by Crippen LogP contribution is -2.32. The second-order valence-electron chi connectivity index (χ2n) is 4.63. The topological polar surface area (TPSA) is 67.5 Å². The van der Waals surface area contributed by atoms with E-state index in [1.165, 1.54) is 0 Å². The van der Waals surface area contributed by atoms with Gasteiger partial charge in [0, 0.05) is 12.1 Å². The van der Waals surface area contributed by atoms with Crippen molar-refractivity contribution in [1.29, 1.82) is 0 Å². The van der Waals surface area contributed by atoms with Crippen molar-refractivity contribution in [3.05, 3.63) is 18.2 Å². The molecule has 4 N–H and O–H groups in total. The summed E-state index contributed by atoms with van der Waals surface area (Å²) in [5.41, 5.74) is 7.28. The van der Waals surface area contributed by atoms with Crippen LogP contribution in [0.25, 0.3) is 0 Å². The van der Waals surface area contributed by atoms with E-state index in [-0.39, 0.29) is 12.1 Å². The Morgan fingerprint density at radius 2 is 2.12 bits per heavy atom. The van der Waals surface area contributed by atoms with Gasteiger partial charge >= 0.3 is 0 Å². The standard InChI is InChI=1S/C13H22N2O2/c1-4-17-11-7-5-6-10(12(11)14)15-13(2,3)8-9-16/h5-7,15-16H,4,8-9,14H2,1-3H3. The van der Waals surface area contributed by atoms with Crippen molar-refractivity contribution in [3.8, 4) is 5.75 Å². The highest BCUT2D eigenvalue weighted by atomic mass is 16.5. The first-order valence-electron chi connectivity index (χ1n) is 5.90. The first kappa shape index (κ1) is 13.6. The number of nitrogens with one attached hydrogen (secondary N) is 1. The minimum atomic E-state index is -0.201. The van der Waals surface area contributed by atoms with Gasteiger partial charge in [0.2, 0.25) is 0 Å². The normalized spacial score (nSPS) is 11.3. The number of nitrogen functional groups attached to an aromatic ring is 1. The monoisotopic (exact) mass is 238 g/mol. The van der Waals surface area contributed by atoms with Crippen molar-refractivity contribution in [2.75, 3.05) is 24.3 Å². The summed E-state index contributed by atoms with van der Waals surface area (Å²) in [6.45, 7) is 6.71. The van der Waals surface area contributed by atoms with Crippen molar-refractivity contribution >= 4 is 11.4 Å². The molecule has 17 heavy (non-hydrogen) atoms. The lowest BCUT2D eigenvalue weighted by Gasteiger charge is -2.28. The molecule has 0 saturated heterocycles. The minimum absolute atomic E-state index is 0.144. The molecule has 0 aliphatic carbocycles. The van der Waals surface area contributed by atoms with Crippen LogP contribution in [0.3, 0.4) is 0 Å². The van der Waals surface area contributed by atoms with E-state index in [9.17, 15) is 0 Å². The lowest BCUT2D eigenvalue weighted by atomic mass is 10.0. The number of ether oxygens (including phenoxy) is 1. The Morgan fingerprint density at radius 3 is 2.71 bits per heavy atom. The number of benzene rings is 1. The zero-order valence-electron chi connectivity index (χ0n) is 10.8. The molecule has 0 aliphatic heterocycles. The Morgan fingerprint density at radius 1 is 1.41 bits per heavy atom. The Balaban J connectivity index is 2.87. The van der Waals surface area contributed by atoms with Crippen LogP contribution in [0.2, 0.25) is 0 Å². The predicted molar refractivity (Wildman–Crippen MR) is 71.4 cm³/mol. The van der Waals surface area contributed by atoms with Gasteiger partial charge in [0.25, 0.3) is 0 Å². The number of rotatable bonds is 6. The summed E-state index contributed by atoms with van der Waals surface area (Å²) in [6, 6.07) is 5.67. The smallest absolute Gasteiger partial charge is 0.144 e. The first-order valence-corrected chi connectivity index (χ1v) is 5.90. The fourth-order valence-corrected chi connectivity index (χ4v) is 1.64. The maximum absolute atomic E-state index is 8.99. The van der Waals surface area contributed by atoms with Gasteiger partial charge in [0.15, 0.2) is 0 Å². The van der Waals surface area contributed by atoms with Crippen molar-refractivity contribution in [1.82, 2.24) is 0 Å². The molecule has 96 valence electrons. The third kappa shape index (κ3) is 3.82. The van der Waals surface area contributed by atoms with Gasteiger partial charge in [-0.1, -0.05) is 6.07 Å². The van der Waals surface area contributed by atoms with E-state index in [2.05, 4.69) is 5.32 Å². The summed E-state index contributed by atoms with van der Waals surface area (Å²) in [5.74, 6) is 0.692. The molecule has 1 aromatic rings. The largest absolute Gasteiger partial charge is 0.492 e. The molecule has 0 atom stereocenters. The molecule has 0 amide bonds. The van der Waals surface area contributed by atoms with Crippen LogP contribution in [0, 0.1) is 0 Å². The van der Waals surface area contributed by atoms with Crippen LogP contribution in [0.5, 0.6) is 5.75 Å². The molecule has 0 bridgehead atoms. The molecule has 0 unspecified atom stereocenters. The quantitative estimate of drug-likeness (QED) is 0.665. The summed E-state index contributed by atoms with van der Waals surface area (Å²) in [7, 11) is 0. The van der Waals surface area contributed by atoms with E-state index < -0.39 is 0 Å². The molecular weight excluding hydrogens is 216 g/mol. The Labute approximate surface area is 103 Å². The number of para-hydroxylation sites is 1. The third-order valence-corrected chi connectivity index (χ3v) is 2.58. The van der Waals surface area contributed by atoms with Crippen molar-refractivity contribution in [2.24, 2.45) is 0 Å². The van der Waals surface area contributed by atoms with Crippen LogP contribution in [0.15, 0.2) is 18.2 Å². The summed E-state index contributed by atoms with van der Waals surface area (Å²) in [4.78, 5) is 0. The van der Waals surface area contributed by atoms with Gasteiger partial charge in [-0.25, -0.2) is 0 Å². The van der Waals surface area contributed by atoms with Crippen LogP contribution in [-0.2, 0) is 0 Å². The molecule has 0 aromatic heterocycles.